The van der Waals surface area contributed by atoms with Crippen molar-refractivity contribution in [3.8, 4) is 0 Å². The highest BCUT2D eigenvalue weighted by Crippen LogP contribution is 2.16. The van der Waals surface area contributed by atoms with E-state index in [9.17, 15) is 9.90 Å². The molecule has 24 heavy (non-hydrogen) atoms. The fraction of sp³-hybridized carbons (Fsp3) is 0.864. The van der Waals surface area contributed by atoms with Gasteiger partial charge < -0.3 is 5.11 Å². The van der Waals surface area contributed by atoms with Crippen molar-refractivity contribution in [2.24, 2.45) is 5.92 Å². The van der Waals surface area contributed by atoms with Gasteiger partial charge in [-0.15, -0.1) is 0 Å². The van der Waals surface area contributed by atoms with Gasteiger partial charge in [-0.25, -0.2) is 0 Å². The standard InChI is InChI=1S/C22H42O2/c1-3-5-7-9-10-11-12-13-14-15-16-18-20-21(22(23)24)19-17-8-6-4-2/h17,19,21H,3-16,18,20H2,1-2H3,(H,23,24). The number of allylic oxidation sites excluding steroid dienone is 1. The lowest BCUT2D eigenvalue weighted by Crippen LogP contribution is -2.10. The van der Waals surface area contributed by atoms with Crippen LogP contribution in [0.5, 0.6) is 0 Å². The molecule has 0 aromatic carbocycles. The second-order valence-electron chi connectivity index (χ2n) is 7.19. The summed E-state index contributed by atoms with van der Waals surface area (Å²) in [6.45, 7) is 4.43. The van der Waals surface area contributed by atoms with Gasteiger partial charge in [0.25, 0.3) is 0 Å². The summed E-state index contributed by atoms with van der Waals surface area (Å²) >= 11 is 0. The highest BCUT2D eigenvalue weighted by molar-refractivity contribution is 5.72. The minimum absolute atomic E-state index is 0.273. The zero-order valence-electron chi connectivity index (χ0n) is 16.4. The van der Waals surface area contributed by atoms with Crippen molar-refractivity contribution >= 4 is 5.97 Å². The lowest BCUT2D eigenvalue weighted by Gasteiger charge is -2.07. The highest BCUT2D eigenvalue weighted by Gasteiger charge is 2.12. The lowest BCUT2D eigenvalue weighted by atomic mass is 9.99. The number of carboxylic acid groups (broad SMARTS) is 1. The van der Waals surface area contributed by atoms with Crippen molar-refractivity contribution in [3.63, 3.8) is 0 Å². The Hall–Kier alpha value is -0.790. The van der Waals surface area contributed by atoms with E-state index < -0.39 is 5.97 Å². The predicted octanol–water partition coefficient (Wildman–Crippen LogP) is 7.52. The van der Waals surface area contributed by atoms with Crippen molar-refractivity contribution in [2.75, 3.05) is 0 Å². The lowest BCUT2D eigenvalue weighted by molar-refractivity contribution is -0.140. The third-order valence-corrected chi connectivity index (χ3v) is 4.78. The normalized spacial score (nSPS) is 12.8. The Kier molecular flexibility index (Phi) is 17.9. The van der Waals surface area contributed by atoms with Crippen LogP contribution in [-0.4, -0.2) is 11.1 Å². The first-order chi connectivity index (χ1) is 11.7. The number of rotatable bonds is 18. The van der Waals surface area contributed by atoms with Crippen LogP contribution in [-0.2, 0) is 4.79 Å². The Labute approximate surface area is 151 Å². The molecule has 1 N–H and O–H groups in total. The van der Waals surface area contributed by atoms with Gasteiger partial charge in [0.15, 0.2) is 0 Å². The molecule has 2 nitrogen and oxygen atoms in total. The van der Waals surface area contributed by atoms with Gasteiger partial charge in [-0.2, -0.15) is 0 Å². The van der Waals surface area contributed by atoms with Crippen molar-refractivity contribution in [1.82, 2.24) is 0 Å². The monoisotopic (exact) mass is 338 g/mol. The Morgan fingerprint density at radius 1 is 0.750 bits per heavy atom. The summed E-state index contributed by atoms with van der Waals surface area (Å²) in [4.78, 5) is 11.2. The molecule has 2 heteroatoms. The molecule has 0 aliphatic carbocycles. The van der Waals surface area contributed by atoms with Gasteiger partial charge in [-0.1, -0.05) is 116 Å². The largest absolute Gasteiger partial charge is 0.481 e. The predicted molar refractivity (Wildman–Crippen MR) is 105 cm³/mol. The molecule has 0 rings (SSSR count). The summed E-state index contributed by atoms with van der Waals surface area (Å²) in [5, 5.41) is 9.26. The number of aliphatic carboxylic acids is 1. The average Bonchev–Trinajstić information content (AvgIpc) is 2.57. The highest BCUT2D eigenvalue weighted by atomic mass is 16.4. The minimum Gasteiger partial charge on any atom is -0.481 e. The summed E-state index contributed by atoms with van der Waals surface area (Å²) in [5.74, 6) is -0.934. The van der Waals surface area contributed by atoms with E-state index in [1.165, 1.54) is 77.0 Å². The summed E-state index contributed by atoms with van der Waals surface area (Å²) < 4.78 is 0. The van der Waals surface area contributed by atoms with Crippen LogP contribution < -0.4 is 0 Å². The number of hydrogen-bond donors (Lipinski definition) is 1. The molecule has 0 aromatic rings. The maximum Gasteiger partial charge on any atom is 0.310 e. The SMILES string of the molecule is CCCCC=CC(CCCCCCCCCCCCCC)C(=O)O. The van der Waals surface area contributed by atoms with Gasteiger partial charge in [0.05, 0.1) is 5.92 Å². The molecule has 0 aliphatic rings. The van der Waals surface area contributed by atoms with Crippen LogP contribution in [0, 0.1) is 5.92 Å². The molecule has 0 fully saturated rings. The first-order valence-corrected chi connectivity index (χ1v) is 10.6. The van der Waals surface area contributed by atoms with Crippen molar-refractivity contribution in [1.29, 1.82) is 0 Å². The molecule has 0 bridgehead atoms. The molecule has 0 aliphatic heterocycles. The Morgan fingerprint density at radius 2 is 1.21 bits per heavy atom. The maximum atomic E-state index is 11.2. The Morgan fingerprint density at radius 3 is 1.67 bits per heavy atom. The summed E-state index contributed by atoms with van der Waals surface area (Å²) in [5.41, 5.74) is 0. The molecule has 0 saturated heterocycles. The number of carbonyl (C=O) groups is 1. The zero-order chi connectivity index (χ0) is 17.9. The molecule has 142 valence electrons. The molecule has 0 heterocycles. The summed E-state index contributed by atoms with van der Waals surface area (Å²) in [6, 6.07) is 0. The van der Waals surface area contributed by atoms with E-state index in [1.54, 1.807) is 0 Å². The molecule has 0 radical (unpaired) electrons. The van der Waals surface area contributed by atoms with Gasteiger partial charge in [0, 0.05) is 0 Å². The molecular formula is C22H42O2. The Balaban J connectivity index is 3.45. The zero-order valence-corrected chi connectivity index (χ0v) is 16.4. The first kappa shape index (κ1) is 23.2. The van der Waals surface area contributed by atoms with E-state index in [2.05, 4.69) is 19.9 Å². The van der Waals surface area contributed by atoms with Crippen LogP contribution in [0.25, 0.3) is 0 Å². The first-order valence-electron chi connectivity index (χ1n) is 10.6. The molecule has 1 unspecified atom stereocenters. The fourth-order valence-electron chi connectivity index (χ4n) is 3.09. The second kappa shape index (κ2) is 18.5. The van der Waals surface area contributed by atoms with Gasteiger partial charge in [0.2, 0.25) is 0 Å². The van der Waals surface area contributed by atoms with Crippen LogP contribution in [0.4, 0.5) is 0 Å². The van der Waals surface area contributed by atoms with Crippen LogP contribution in [0.2, 0.25) is 0 Å². The van der Waals surface area contributed by atoms with Crippen molar-refractivity contribution < 1.29 is 9.90 Å². The number of carboxylic acids is 1. The van der Waals surface area contributed by atoms with Crippen LogP contribution in [0.3, 0.4) is 0 Å². The van der Waals surface area contributed by atoms with E-state index in [-0.39, 0.29) is 5.92 Å². The molecule has 0 amide bonds. The van der Waals surface area contributed by atoms with Crippen LogP contribution in [0.1, 0.15) is 117 Å². The van der Waals surface area contributed by atoms with Crippen molar-refractivity contribution in [2.45, 2.75) is 117 Å². The molecule has 0 saturated carbocycles. The summed E-state index contributed by atoms with van der Waals surface area (Å²) in [7, 11) is 0. The van der Waals surface area contributed by atoms with Crippen LogP contribution >= 0.6 is 0 Å². The van der Waals surface area contributed by atoms with E-state index >= 15 is 0 Å². The minimum atomic E-state index is -0.661. The maximum absolute atomic E-state index is 11.2. The van der Waals surface area contributed by atoms with E-state index in [0.717, 1.165) is 25.7 Å². The third kappa shape index (κ3) is 16.1. The topological polar surface area (TPSA) is 37.3 Å². The fourth-order valence-corrected chi connectivity index (χ4v) is 3.09. The second-order valence-corrected chi connectivity index (χ2v) is 7.19. The van der Waals surface area contributed by atoms with Gasteiger partial charge in [-0.3, -0.25) is 4.79 Å². The molecule has 0 aromatic heterocycles. The summed E-state index contributed by atoms with van der Waals surface area (Å²) in [6.07, 6.45) is 24.0. The third-order valence-electron chi connectivity index (χ3n) is 4.78. The van der Waals surface area contributed by atoms with E-state index in [1.807, 2.05) is 6.08 Å². The number of unbranched alkanes of at least 4 members (excludes halogenated alkanes) is 13. The molecule has 1 atom stereocenters. The van der Waals surface area contributed by atoms with Gasteiger partial charge in [0.1, 0.15) is 0 Å². The van der Waals surface area contributed by atoms with E-state index in [4.69, 9.17) is 0 Å². The van der Waals surface area contributed by atoms with Gasteiger partial charge >= 0.3 is 5.97 Å². The molecular weight excluding hydrogens is 296 g/mol. The van der Waals surface area contributed by atoms with Crippen LogP contribution in [0.15, 0.2) is 12.2 Å². The van der Waals surface area contributed by atoms with Crippen molar-refractivity contribution in [3.05, 3.63) is 12.2 Å². The van der Waals surface area contributed by atoms with Gasteiger partial charge in [-0.05, 0) is 12.8 Å². The quantitative estimate of drug-likeness (QED) is 0.207. The average molecular weight is 339 g/mol. The molecule has 0 spiro atoms. The smallest absolute Gasteiger partial charge is 0.310 e. The van der Waals surface area contributed by atoms with E-state index in [0.29, 0.717) is 0 Å². The number of hydrogen-bond acceptors (Lipinski definition) is 1. The Bertz CT molecular complexity index is 296.